The lowest BCUT2D eigenvalue weighted by molar-refractivity contribution is 0.0952. The van der Waals surface area contributed by atoms with Crippen LogP contribution in [0.4, 0.5) is 0 Å². The van der Waals surface area contributed by atoms with Crippen LogP contribution in [0.25, 0.3) is 0 Å². The SMILES string of the molecule is C/C(CC(C)C)=N/NC(=O)c1ccccc1O. The quantitative estimate of drug-likeness (QED) is 0.621. The fourth-order valence-corrected chi connectivity index (χ4v) is 1.51. The summed E-state index contributed by atoms with van der Waals surface area (Å²) >= 11 is 0. The van der Waals surface area contributed by atoms with Crippen LogP contribution in [0.2, 0.25) is 0 Å². The van der Waals surface area contributed by atoms with Crippen LogP contribution < -0.4 is 5.43 Å². The van der Waals surface area contributed by atoms with Crippen molar-refractivity contribution < 1.29 is 9.90 Å². The number of para-hydroxylation sites is 1. The molecule has 4 nitrogen and oxygen atoms in total. The highest BCUT2D eigenvalue weighted by atomic mass is 16.3. The second kappa shape index (κ2) is 6.03. The van der Waals surface area contributed by atoms with E-state index in [9.17, 15) is 9.90 Å². The van der Waals surface area contributed by atoms with Crippen LogP contribution in [0, 0.1) is 5.92 Å². The van der Waals surface area contributed by atoms with Gasteiger partial charge in [-0.2, -0.15) is 5.10 Å². The standard InChI is InChI=1S/C13H18N2O2/c1-9(2)8-10(3)14-15-13(17)11-6-4-5-7-12(11)16/h4-7,9,16H,8H2,1-3H3,(H,15,17)/b14-10-. The van der Waals surface area contributed by atoms with Gasteiger partial charge in [0.1, 0.15) is 5.75 Å². The molecular formula is C13H18N2O2. The molecule has 4 heteroatoms. The van der Waals surface area contributed by atoms with Gasteiger partial charge in [0.2, 0.25) is 0 Å². The number of hydrogen-bond acceptors (Lipinski definition) is 3. The minimum atomic E-state index is -0.397. The Labute approximate surface area is 101 Å². The first kappa shape index (κ1) is 13.2. The first-order valence-electron chi connectivity index (χ1n) is 5.62. The molecule has 1 aromatic rings. The van der Waals surface area contributed by atoms with Crippen LogP contribution in [0.3, 0.4) is 0 Å². The van der Waals surface area contributed by atoms with Crippen LogP contribution >= 0.6 is 0 Å². The van der Waals surface area contributed by atoms with E-state index in [0.29, 0.717) is 5.92 Å². The molecule has 1 amide bonds. The van der Waals surface area contributed by atoms with Gasteiger partial charge in [-0.25, -0.2) is 5.43 Å². The number of rotatable bonds is 4. The molecule has 0 spiro atoms. The number of carbonyl (C=O) groups excluding carboxylic acids is 1. The molecule has 0 fully saturated rings. The van der Waals surface area contributed by atoms with E-state index in [-0.39, 0.29) is 11.3 Å². The monoisotopic (exact) mass is 234 g/mol. The number of phenolic OH excluding ortho intramolecular Hbond substituents is 1. The molecule has 0 aliphatic carbocycles. The van der Waals surface area contributed by atoms with Crippen LogP contribution in [0.1, 0.15) is 37.6 Å². The molecule has 0 bridgehead atoms. The van der Waals surface area contributed by atoms with Crippen molar-refractivity contribution in [1.82, 2.24) is 5.43 Å². The van der Waals surface area contributed by atoms with E-state index in [2.05, 4.69) is 24.4 Å². The molecule has 92 valence electrons. The Hall–Kier alpha value is -1.84. The number of aromatic hydroxyl groups is 1. The van der Waals surface area contributed by atoms with Gasteiger partial charge in [0.05, 0.1) is 5.56 Å². The third-order valence-corrected chi connectivity index (χ3v) is 2.20. The normalized spacial score (nSPS) is 11.6. The molecule has 2 N–H and O–H groups in total. The zero-order valence-corrected chi connectivity index (χ0v) is 10.4. The van der Waals surface area contributed by atoms with Gasteiger partial charge >= 0.3 is 0 Å². The van der Waals surface area contributed by atoms with Crippen molar-refractivity contribution in [1.29, 1.82) is 0 Å². The summed E-state index contributed by atoms with van der Waals surface area (Å²) in [5.74, 6) is 0.0636. The molecule has 1 aromatic carbocycles. The first-order chi connectivity index (χ1) is 8.00. The lowest BCUT2D eigenvalue weighted by Gasteiger charge is -2.05. The average Bonchev–Trinajstić information content (AvgIpc) is 2.25. The number of amides is 1. The van der Waals surface area contributed by atoms with E-state index >= 15 is 0 Å². The largest absolute Gasteiger partial charge is 0.507 e. The van der Waals surface area contributed by atoms with Crippen molar-refractivity contribution in [2.75, 3.05) is 0 Å². The van der Waals surface area contributed by atoms with Crippen LogP contribution in [-0.4, -0.2) is 16.7 Å². The number of hydrogen-bond donors (Lipinski definition) is 2. The second-order valence-corrected chi connectivity index (χ2v) is 4.40. The lowest BCUT2D eigenvalue weighted by atomic mass is 10.1. The number of carbonyl (C=O) groups is 1. The van der Waals surface area contributed by atoms with Gasteiger partial charge in [0.25, 0.3) is 5.91 Å². The number of phenols is 1. The van der Waals surface area contributed by atoms with Gasteiger partial charge in [-0.15, -0.1) is 0 Å². The summed E-state index contributed by atoms with van der Waals surface area (Å²) in [6.45, 7) is 6.04. The van der Waals surface area contributed by atoms with E-state index in [1.807, 2.05) is 6.92 Å². The summed E-state index contributed by atoms with van der Waals surface area (Å²) < 4.78 is 0. The third-order valence-electron chi connectivity index (χ3n) is 2.20. The highest BCUT2D eigenvalue weighted by Crippen LogP contribution is 2.14. The molecule has 1 rings (SSSR count). The summed E-state index contributed by atoms with van der Waals surface area (Å²) in [5.41, 5.74) is 3.53. The molecule has 0 atom stereocenters. The predicted octanol–water partition coefficient (Wildman–Crippen LogP) is 2.54. The van der Waals surface area contributed by atoms with Crippen LogP contribution in [0.15, 0.2) is 29.4 Å². The molecular weight excluding hydrogens is 216 g/mol. The van der Waals surface area contributed by atoms with Crippen molar-refractivity contribution in [2.45, 2.75) is 27.2 Å². The van der Waals surface area contributed by atoms with Crippen LogP contribution in [-0.2, 0) is 0 Å². The zero-order chi connectivity index (χ0) is 12.8. The zero-order valence-electron chi connectivity index (χ0n) is 10.4. The van der Waals surface area contributed by atoms with Gasteiger partial charge in [0, 0.05) is 5.71 Å². The molecule has 0 saturated heterocycles. The van der Waals surface area contributed by atoms with Crippen molar-refractivity contribution in [3.8, 4) is 5.75 Å². The molecule has 0 heterocycles. The number of hydrazone groups is 1. The summed E-state index contributed by atoms with van der Waals surface area (Å²) in [4.78, 5) is 11.7. The molecule has 0 aromatic heterocycles. The Balaban J connectivity index is 2.65. The maximum absolute atomic E-state index is 11.7. The van der Waals surface area contributed by atoms with Crippen molar-refractivity contribution in [2.24, 2.45) is 11.0 Å². The van der Waals surface area contributed by atoms with Gasteiger partial charge in [-0.3, -0.25) is 4.79 Å². The third kappa shape index (κ3) is 4.26. The maximum Gasteiger partial charge on any atom is 0.275 e. The van der Waals surface area contributed by atoms with E-state index in [1.54, 1.807) is 18.2 Å². The number of nitrogens with one attached hydrogen (secondary N) is 1. The maximum atomic E-state index is 11.7. The smallest absolute Gasteiger partial charge is 0.275 e. The molecule has 0 saturated carbocycles. The molecule has 0 radical (unpaired) electrons. The fourth-order valence-electron chi connectivity index (χ4n) is 1.51. The molecule has 0 unspecified atom stereocenters. The Bertz CT molecular complexity index is 425. The Morgan fingerprint density at radius 2 is 2.06 bits per heavy atom. The molecule has 17 heavy (non-hydrogen) atoms. The Kier molecular flexibility index (Phi) is 4.69. The van der Waals surface area contributed by atoms with E-state index in [4.69, 9.17) is 0 Å². The van der Waals surface area contributed by atoms with Gasteiger partial charge in [-0.05, 0) is 31.4 Å². The number of nitrogens with zero attached hydrogens (tertiary/aromatic N) is 1. The summed E-state index contributed by atoms with van der Waals surface area (Å²) in [7, 11) is 0. The summed E-state index contributed by atoms with van der Waals surface area (Å²) in [5, 5.41) is 13.5. The number of benzene rings is 1. The highest BCUT2D eigenvalue weighted by molar-refractivity contribution is 5.97. The van der Waals surface area contributed by atoms with Crippen molar-refractivity contribution in [3.05, 3.63) is 29.8 Å². The minimum Gasteiger partial charge on any atom is -0.507 e. The summed E-state index contributed by atoms with van der Waals surface area (Å²) in [6, 6.07) is 6.39. The lowest BCUT2D eigenvalue weighted by Crippen LogP contribution is -2.19. The first-order valence-corrected chi connectivity index (χ1v) is 5.62. The van der Waals surface area contributed by atoms with Crippen molar-refractivity contribution >= 4 is 11.6 Å². The van der Waals surface area contributed by atoms with Gasteiger partial charge in [-0.1, -0.05) is 26.0 Å². The molecule has 0 aliphatic heterocycles. The average molecular weight is 234 g/mol. The fraction of sp³-hybridized carbons (Fsp3) is 0.385. The van der Waals surface area contributed by atoms with E-state index < -0.39 is 5.91 Å². The van der Waals surface area contributed by atoms with E-state index in [1.165, 1.54) is 6.07 Å². The van der Waals surface area contributed by atoms with Gasteiger partial charge < -0.3 is 5.11 Å². The van der Waals surface area contributed by atoms with Gasteiger partial charge in [0.15, 0.2) is 0 Å². The Morgan fingerprint density at radius 3 is 2.65 bits per heavy atom. The molecule has 0 aliphatic rings. The van der Waals surface area contributed by atoms with Crippen molar-refractivity contribution in [3.63, 3.8) is 0 Å². The van der Waals surface area contributed by atoms with Crippen LogP contribution in [0.5, 0.6) is 5.75 Å². The topological polar surface area (TPSA) is 61.7 Å². The van der Waals surface area contributed by atoms with E-state index in [0.717, 1.165) is 12.1 Å². The second-order valence-electron chi connectivity index (χ2n) is 4.40. The Morgan fingerprint density at radius 1 is 1.41 bits per heavy atom. The highest BCUT2D eigenvalue weighted by Gasteiger charge is 2.09. The minimum absolute atomic E-state index is 0.0401. The summed E-state index contributed by atoms with van der Waals surface area (Å²) in [6.07, 6.45) is 0.834. The predicted molar refractivity (Wildman–Crippen MR) is 68.1 cm³/mol.